The standard InChI is InChI=1S/C10H16N2O2S/c1-7(11)3-5-12-10(13)9-8(14-2)4-6-15-9/h4,6-7H,3,5,11H2,1-2H3,(H,12,13). The van der Waals surface area contributed by atoms with Gasteiger partial charge < -0.3 is 15.8 Å². The zero-order chi connectivity index (χ0) is 11.3. The maximum Gasteiger partial charge on any atom is 0.265 e. The highest BCUT2D eigenvalue weighted by atomic mass is 32.1. The fraction of sp³-hybridized carbons (Fsp3) is 0.500. The van der Waals surface area contributed by atoms with Crippen molar-refractivity contribution in [3.63, 3.8) is 0 Å². The van der Waals surface area contributed by atoms with E-state index in [9.17, 15) is 4.79 Å². The smallest absolute Gasteiger partial charge is 0.265 e. The summed E-state index contributed by atoms with van der Waals surface area (Å²) in [5.41, 5.74) is 5.58. The summed E-state index contributed by atoms with van der Waals surface area (Å²) < 4.78 is 5.06. The van der Waals surface area contributed by atoms with Crippen molar-refractivity contribution in [3.8, 4) is 5.75 Å². The van der Waals surface area contributed by atoms with Crippen LogP contribution in [0.4, 0.5) is 0 Å². The Kier molecular flexibility index (Phi) is 4.58. The second-order valence-corrected chi connectivity index (χ2v) is 4.26. The van der Waals surface area contributed by atoms with Crippen LogP contribution in [0.15, 0.2) is 11.4 Å². The zero-order valence-corrected chi connectivity index (χ0v) is 9.76. The van der Waals surface area contributed by atoms with E-state index in [2.05, 4.69) is 5.32 Å². The highest BCUT2D eigenvalue weighted by molar-refractivity contribution is 7.12. The average Bonchev–Trinajstić information content (AvgIpc) is 2.64. The molecular weight excluding hydrogens is 212 g/mol. The number of carbonyl (C=O) groups is 1. The fourth-order valence-electron chi connectivity index (χ4n) is 1.12. The van der Waals surface area contributed by atoms with Crippen LogP contribution in [-0.2, 0) is 0 Å². The van der Waals surface area contributed by atoms with Crippen molar-refractivity contribution in [2.24, 2.45) is 5.73 Å². The molecule has 1 unspecified atom stereocenters. The molecule has 0 fully saturated rings. The topological polar surface area (TPSA) is 64.3 Å². The molecule has 3 N–H and O–H groups in total. The normalized spacial score (nSPS) is 12.2. The average molecular weight is 228 g/mol. The van der Waals surface area contributed by atoms with Crippen molar-refractivity contribution >= 4 is 17.2 Å². The number of nitrogens with one attached hydrogen (secondary N) is 1. The molecule has 0 aliphatic rings. The van der Waals surface area contributed by atoms with E-state index in [-0.39, 0.29) is 11.9 Å². The quantitative estimate of drug-likeness (QED) is 0.796. The van der Waals surface area contributed by atoms with Gasteiger partial charge in [0.1, 0.15) is 10.6 Å². The van der Waals surface area contributed by atoms with Crippen LogP contribution in [0.2, 0.25) is 0 Å². The van der Waals surface area contributed by atoms with Crippen molar-refractivity contribution < 1.29 is 9.53 Å². The summed E-state index contributed by atoms with van der Waals surface area (Å²) in [5.74, 6) is 0.529. The molecule has 84 valence electrons. The molecule has 1 aromatic rings. The number of rotatable bonds is 5. The molecule has 1 atom stereocenters. The lowest BCUT2D eigenvalue weighted by Crippen LogP contribution is -2.28. The van der Waals surface area contributed by atoms with Crippen molar-refractivity contribution in [2.75, 3.05) is 13.7 Å². The van der Waals surface area contributed by atoms with Crippen LogP contribution >= 0.6 is 11.3 Å². The van der Waals surface area contributed by atoms with Crippen molar-refractivity contribution in [1.29, 1.82) is 0 Å². The van der Waals surface area contributed by atoms with E-state index < -0.39 is 0 Å². The van der Waals surface area contributed by atoms with E-state index in [4.69, 9.17) is 10.5 Å². The summed E-state index contributed by atoms with van der Waals surface area (Å²) in [6.45, 7) is 2.51. The first kappa shape index (κ1) is 12.0. The van der Waals surface area contributed by atoms with Gasteiger partial charge in [-0.1, -0.05) is 0 Å². The number of amides is 1. The van der Waals surface area contributed by atoms with E-state index in [0.29, 0.717) is 17.2 Å². The summed E-state index contributed by atoms with van der Waals surface area (Å²) in [6.07, 6.45) is 0.777. The molecular formula is C10H16N2O2S. The van der Waals surface area contributed by atoms with E-state index in [1.165, 1.54) is 11.3 Å². The lowest BCUT2D eigenvalue weighted by Gasteiger charge is -2.07. The molecule has 0 saturated carbocycles. The largest absolute Gasteiger partial charge is 0.495 e. The van der Waals surface area contributed by atoms with E-state index in [1.807, 2.05) is 12.3 Å². The van der Waals surface area contributed by atoms with Gasteiger partial charge in [-0.25, -0.2) is 0 Å². The summed E-state index contributed by atoms with van der Waals surface area (Å²) in [6, 6.07) is 1.89. The summed E-state index contributed by atoms with van der Waals surface area (Å²) >= 11 is 1.37. The minimum Gasteiger partial charge on any atom is -0.495 e. The number of methoxy groups -OCH3 is 1. The lowest BCUT2D eigenvalue weighted by atomic mass is 10.2. The molecule has 1 rings (SSSR count). The Bertz CT molecular complexity index is 323. The van der Waals surface area contributed by atoms with Crippen molar-refractivity contribution in [3.05, 3.63) is 16.3 Å². The monoisotopic (exact) mass is 228 g/mol. The Hall–Kier alpha value is -1.07. The van der Waals surface area contributed by atoms with Gasteiger partial charge in [0.05, 0.1) is 7.11 Å². The summed E-state index contributed by atoms with van der Waals surface area (Å²) in [5, 5.41) is 4.64. The fourth-order valence-corrected chi connectivity index (χ4v) is 1.89. The van der Waals surface area contributed by atoms with Crippen LogP contribution in [0.25, 0.3) is 0 Å². The minimum absolute atomic E-state index is 0.0949. The third-order valence-corrected chi connectivity index (χ3v) is 2.83. The van der Waals surface area contributed by atoms with Gasteiger partial charge in [0, 0.05) is 12.6 Å². The van der Waals surface area contributed by atoms with Gasteiger partial charge in [0.25, 0.3) is 5.91 Å². The summed E-state index contributed by atoms with van der Waals surface area (Å²) in [7, 11) is 1.56. The van der Waals surface area contributed by atoms with E-state index in [1.54, 1.807) is 13.2 Å². The first-order chi connectivity index (χ1) is 7.15. The molecule has 0 bridgehead atoms. The van der Waals surface area contributed by atoms with Gasteiger partial charge >= 0.3 is 0 Å². The first-order valence-corrected chi connectivity index (χ1v) is 5.68. The van der Waals surface area contributed by atoms with Crippen molar-refractivity contribution in [2.45, 2.75) is 19.4 Å². The van der Waals surface area contributed by atoms with Crippen LogP contribution in [0.3, 0.4) is 0 Å². The third-order valence-electron chi connectivity index (χ3n) is 1.94. The molecule has 0 aliphatic carbocycles. The maximum absolute atomic E-state index is 11.6. The molecule has 1 heterocycles. The van der Waals surface area contributed by atoms with Gasteiger partial charge in [-0.15, -0.1) is 11.3 Å². The molecule has 0 saturated heterocycles. The number of hydrogen-bond acceptors (Lipinski definition) is 4. The second kappa shape index (κ2) is 5.72. The SMILES string of the molecule is COc1ccsc1C(=O)NCCC(C)N. The number of ether oxygens (including phenoxy) is 1. The van der Waals surface area contributed by atoms with Crippen LogP contribution in [0.5, 0.6) is 5.75 Å². The molecule has 0 aromatic carbocycles. The van der Waals surface area contributed by atoms with Crippen LogP contribution in [0, 0.1) is 0 Å². The van der Waals surface area contributed by atoms with Gasteiger partial charge in [-0.3, -0.25) is 4.79 Å². The molecule has 1 aromatic heterocycles. The minimum atomic E-state index is -0.0949. The predicted octanol–water partition coefficient (Wildman–Crippen LogP) is 1.22. The Morgan fingerprint density at radius 1 is 1.73 bits per heavy atom. The van der Waals surface area contributed by atoms with Crippen molar-refractivity contribution in [1.82, 2.24) is 5.32 Å². The Morgan fingerprint density at radius 2 is 2.47 bits per heavy atom. The predicted molar refractivity (Wildman–Crippen MR) is 61.5 cm³/mol. The van der Waals surface area contributed by atoms with Gasteiger partial charge in [0.15, 0.2) is 0 Å². The number of hydrogen-bond donors (Lipinski definition) is 2. The van der Waals surface area contributed by atoms with Gasteiger partial charge in [-0.2, -0.15) is 0 Å². The van der Waals surface area contributed by atoms with Gasteiger partial charge in [-0.05, 0) is 24.8 Å². The highest BCUT2D eigenvalue weighted by Crippen LogP contribution is 2.23. The van der Waals surface area contributed by atoms with E-state index >= 15 is 0 Å². The molecule has 0 radical (unpaired) electrons. The van der Waals surface area contributed by atoms with Gasteiger partial charge in [0.2, 0.25) is 0 Å². The molecule has 15 heavy (non-hydrogen) atoms. The van der Waals surface area contributed by atoms with E-state index in [0.717, 1.165) is 6.42 Å². The summed E-state index contributed by atoms with van der Waals surface area (Å²) in [4.78, 5) is 12.3. The Morgan fingerprint density at radius 3 is 3.07 bits per heavy atom. The molecule has 0 spiro atoms. The zero-order valence-electron chi connectivity index (χ0n) is 8.95. The molecule has 4 nitrogen and oxygen atoms in total. The Balaban J connectivity index is 2.47. The third kappa shape index (κ3) is 3.53. The number of thiophene rings is 1. The number of nitrogens with two attached hydrogens (primary N) is 1. The second-order valence-electron chi connectivity index (χ2n) is 3.34. The van der Waals surface area contributed by atoms with Crippen LogP contribution in [0.1, 0.15) is 23.0 Å². The Labute approximate surface area is 93.4 Å². The van der Waals surface area contributed by atoms with Crippen LogP contribution in [-0.4, -0.2) is 25.6 Å². The molecule has 5 heteroatoms. The maximum atomic E-state index is 11.6. The lowest BCUT2D eigenvalue weighted by molar-refractivity contribution is 0.0954. The molecule has 0 aliphatic heterocycles. The number of carbonyl (C=O) groups excluding carboxylic acids is 1. The van der Waals surface area contributed by atoms with Crippen LogP contribution < -0.4 is 15.8 Å². The molecule has 1 amide bonds. The highest BCUT2D eigenvalue weighted by Gasteiger charge is 2.12. The first-order valence-electron chi connectivity index (χ1n) is 4.80.